The van der Waals surface area contributed by atoms with E-state index in [9.17, 15) is 4.79 Å². The fraction of sp³-hybridized carbons (Fsp3) is 0.667. The van der Waals surface area contributed by atoms with Gasteiger partial charge in [-0.25, -0.2) is 0 Å². The second-order valence-electron chi connectivity index (χ2n) is 4.89. The lowest BCUT2D eigenvalue weighted by Gasteiger charge is -2.24. The molecular weight excluding hydrogens is 258 g/mol. The first-order chi connectivity index (χ1) is 9.58. The van der Waals surface area contributed by atoms with Crippen molar-refractivity contribution in [2.45, 2.75) is 25.8 Å². The molecule has 8 heteroatoms. The second-order valence-corrected chi connectivity index (χ2v) is 4.89. The van der Waals surface area contributed by atoms with Gasteiger partial charge in [-0.2, -0.15) is 15.0 Å². The Balaban J connectivity index is 2.11. The SMILES string of the molecule is CCNc1nc(NC2CCC(=O)NC2)nc(N(C)C)n1. The summed E-state index contributed by atoms with van der Waals surface area (Å²) in [5, 5.41) is 9.17. The van der Waals surface area contributed by atoms with E-state index in [1.165, 1.54) is 0 Å². The molecule has 0 aliphatic carbocycles. The molecule has 1 atom stereocenters. The van der Waals surface area contributed by atoms with Crippen LogP contribution in [0.2, 0.25) is 0 Å². The third-order valence-corrected chi connectivity index (χ3v) is 2.96. The molecule has 110 valence electrons. The van der Waals surface area contributed by atoms with Gasteiger partial charge >= 0.3 is 0 Å². The van der Waals surface area contributed by atoms with E-state index in [1.807, 2.05) is 25.9 Å². The molecule has 20 heavy (non-hydrogen) atoms. The molecule has 0 bridgehead atoms. The molecule has 2 heterocycles. The standard InChI is InChI=1S/C12H21N7O/c1-4-13-10-16-11(18-12(17-10)19(2)3)15-8-5-6-9(20)14-7-8/h8H,4-7H2,1-3H3,(H,14,20)(H2,13,15,16,17,18). The number of carbonyl (C=O) groups is 1. The topological polar surface area (TPSA) is 95.1 Å². The van der Waals surface area contributed by atoms with E-state index < -0.39 is 0 Å². The average Bonchev–Trinajstić information content (AvgIpc) is 2.41. The zero-order valence-corrected chi connectivity index (χ0v) is 12.1. The molecule has 2 rings (SSSR count). The number of hydrogen-bond donors (Lipinski definition) is 3. The van der Waals surface area contributed by atoms with Gasteiger partial charge in [0.25, 0.3) is 0 Å². The van der Waals surface area contributed by atoms with Crippen LogP contribution in [-0.2, 0) is 4.79 Å². The average molecular weight is 279 g/mol. The zero-order valence-electron chi connectivity index (χ0n) is 12.1. The number of amides is 1. The van der Waals surface area contributed by atoms with Crippen LogP contribution in [0.1, 0.15) is 19.8 Å². The largest absolute Gasteiger partial charge is 0.354 e. The van der Waals surface area contributed by atoms with Gasteiger partial charge in [0.1, 0.15) is 0 Å². The van der Waals surface area contributed by atoms with E-state index in [2.05, 4.69) is 30.9 Å². The molecule has 1 saturated heterocycles. The van der Waals surface area contributed by atoms with Gasteiger partial charge in [-0.05, 0) is 13.3 Å². The Morgan fingerprint density at radius 2 is 2.05 bits per heavy atom. The second kappa shape index (κ2) is 6.36. The minimum absolute atomic E-state index is 0.0982. The summed E-state index contributed by atoms with van der Waals surface area (Å²) in [6, 6.07) is 0.152. The molecule has 0 saturated carbocycles. The molecule has 8 nitrogen and oxygen atoms in total. The van der Waals surface area contributed by atoms with Crippen LogP contribution >= 0.6 is 0 Å². The van der Waals surface area contributed by atoms with Crippen molar-refractivity contribution in [1.29, 1.82) is 0 Å². The number of anilines is 3. The molecule has 1 aliphatic rings. The van der Waals surface area contributed by atoms with E-state index in [4.69, 9.17) is 0 Å². The van der Waals surface area contributed by atoms with Crippen molar-refractivity contribution in [3.8, 4) is 0 Å². The molecule has 0 spiro atoms. The van der Waals surface area contributed by atoms with Gasteiger partial charge in [-0.1, -0.05) is 0 Å². The Bertz CT molecular complexity index is 467. The van der Waals surface area contributed by atoms with Gasteiger partial charge in [-0.3, -0.25) is 4.79 Å². The molecule has 1 fully saturated rings. The normalized spacial score (nSPS) is 18.4. The number of carbonyl (C=O) groups excluding carboxylic acids is 1. The van der Waals surface area contributed by atoms with Crippen LogP contribution < -0.4 is 20.9 Å². The van der Waals surface area contributed by atoms with Crippen LogP contribution in [-0.4, -0.2) is 54.1 Å². The number of nitrogens with zero attached hydrogens (tertiary/aromatic N) is 4. The van der Waals surface area contributed by atoms with Crippen LogP contribution in [0.3, 0.4) is 0 Å². The zero-order chi connectivity index (χ0) is 14.5. The molecule has 0 radical (unpaired) electrons. The first-order valence-electron chi connectivity index (χ1n) is 6.79. The molecule has 0 aromatic carbocycles. The lowest BCUT2D eigenvalue weighted by molar-refractivity contribution is -0.122. The van der Waals surface area contributed by atoms with Crippen molar-refractivity contribution >= 4 is 23.8 Å². The van der Waals surface area contributed by atoms with Crippen LogP contribution in [0, 0.1) is 0 Å². The van der Waals surface area contributed by atoms with Crippen molar-refractivity contribution in [3.05, 3.63) is 0 Å². The summed E-state index contributed by atoms with van der Waals surface area (Å²) in [5.41, 5.74) is 0. The lowest BCUT2D eigenvalue weighted by Crippen LogP contribution is -2.42. The maximum atomic E-state index is 11.1. The van der Waals surface area contributed by atoms with Gasteiger partial charge < -0.3 is 20.9 Å². The van der Waals surface area contributed by atoms with Gasteiger partial charge in [0.2, 0.25) is 23.8 Å². The van der Waals surface area contributed by atoms with Crippen molar-refractivity contribution in [2.24, 2.45) is 0 Å². The molecule has 1 aromatic heterocycles. The third kappa shape index (κ3) is 3.69. The highest BCUT2D eigenvalue weighted by Crippen LogP contribution is 2.14. The predicted molar refractivity (Wildman–Crippen MR) is 78.0 cm³/mol. The highest BCUT2D eigenvalue weighted by molar-refractivity contribution is 5.76. The first kappa shape index (κ1) is 14.3. The van der Waals surface area contributed by atoms with E-state index in [0.717, 1.165) is 13.0 Å². The molecule has 1 aliphatic heterocycles. The predicted octanol–water partition coefficient (Wildman–Crippen LogP) is 0.0599. The highest BCUT2D eigenvalue weighted by Gasteiger charge is 2.19. The minimum atomic E-state index is 0.0982. The smallest absolute Gasteiger partial charge is 0.231 e. The highest BCUT2D eigenvalue weighted by atomic mass is 16.1. The molecule has 1 amide bonds. The maximum absolute atomic E-state index is 11.1. The molecule has 1 aromatic rings. The van der Waals surface area contributed by atoms with Crippen molar-refractivity contribution in [3.63, 3.8) is 0 Å². The molecule has 1 unspecified atom stereocenters. The van der Waals surface area contributed by atoms with Gasteiger partial charge in [0.05, 0.1) is 0 Å². The summed E-state index contributed by atoms with van der Waals surface area (Å²) in [4.78, 5) is 26.0. The fourth-order valence-corrected chi connectivity index (χ4v) is 1.91. The fourth-order valence-electron chi connectivity index (χ4n) is 1.91. The number of hydrogen-bond acceptors (Lipinski definition) is 7. The Kier molecular flexibility index (Phi) is 4.54. The van der Waals surface area contributed by atoms with Crippen LogP contribution in [0.4, 0.5) is 17.8 Å². The Labute approximate surface area is 118 Å². The summed E-state index contributed by atoms with van der Waals surface area (Å²) in [5.74, 6) is 1.77. The molecular formula is C12H21N7O. The summed E-state index contributed by atoms with van der Waals surface area (Å²) in [6.07, 6.45) is 1.31. The van der Waals surface area contributed by atoms with E-state index in [0.29, 0.717) is 30.8 Å². The van der Waals surface area contributed by atoms with Crippen LogP contribution in [0.15, 0.2) is 0 Å². The maximum Gasteiger partial charge on any atom is 0.231 e. The van der Waals surface area contributed by atoms with Gasteiger partial charge in [0, 0.05) is 39.6 Å². The number of nitrogens with one attached hydrogen (secondary N) is 3. The Morgan fingerprint density at radius 3 is 2.65 bits per heavy atom. The third-order valence-electron chi connectivity index (χ3n) is 2.96. The Hall–Kier alpha value is -2.12. The monoisotopic (exact) mass is 279 g/mol. The van der Waals surface area contributed by atoms with Crippen molar-refractivity contribution in [2.75, 3.05) is 42.7 Å². The summed E-state index contributed by atoms with van der Waals surface area (Å²) < 4.78 is 0. The van der Waals surface area contributed by atoms with E-state index >= 15 is 0 Å². The van der Waals surface area contributed by atoms with Crippen molar-refractivity contribution < 1.29 is 4.79 Å². The van der Waals surface area contributed by atoms with Crippen LogP contribution in [0.25, 0.3) is 0 Å². The number of piperidine rings is 1. The number of rotatable bonds is 5. The summed E-state index contributed by atoms with van der Waals surface area (Å²) >= 11 is 0. The van der Waals surface area contributed by atoms with Gasteiger partial charge in [0.15, 0.2) is 0 Å². The van der Waals surface area contributed by atoms with E-state index in [-0.39, 0.29) is 11.9 Å². The summed E-state index contributed by atoms with van der Waals surface area (Å²) in [7, 11) is 3.77. The summed E-state index contributed by atoms with van der Waals surface area (Å²) in [6.45, 7) is 3.33. The quantitative estimate of drug-likeness (QED) is 0.701. The number of aromatic nitrogens is 3. The Morgan fingerprint density at radius 1 is 1.30 bits per heavy atom. The lowest BCUT2D eigenvalue weighted by atomic mass is 10.1. The first-order valence-corrected chi connectivity index (χ1v) is 6.79. The minimum Gasteiger partial charge on any atom is -0.354 e. The molecule has 3 N–H and O–H groups in total. The van der Waals surface area contributed by atoms with Crippen LogP contribution in [0.5, 0.6) is 0 Å². The van der Waals surface area contributed by atoms with Gasteiger partial charge in [-0.15, -0.1) is 0 Å². The van der Waals surface area contributed by atoms with Crippen molar-refractivity contribution in [1.82, 2.24) is 20.3 Å². The van der Waals surface area contributed by atoms with E-state index in [1.54, 1.807) is 0 Å².